The first-order valence-electron chi connectivity index (χ1n) is 5.40. The maximum absolute atomic E-state index is 5.82. The van der Waals surface area contributed by atoms with Gasteiger partial charge in [0.2, 0.25) is 0 Å². The number of nitrogens with one attached hydrogen (secondary N) is 1. The van der Waals surface area contributed by atoms with Gasteiger partial charge in [0.25, 0.3) is 0 Å². The molecule has 1 fully saturated rings. The van der Waals surface area contributed by atoms with E-state index < -0.39 is 0 Å². The van der Waals surface area contributed by atoms with E-state index in [-0.39, 0.29) is 0 Å². The third-order valence-corrected chi connectivity index (χ3v) is 2.98. The molecule has 2 aliphatic rings. The van der Waals surface area contributed by atoms with E-state index in [4.69, 9.17) is 4.74 Å². The van der Waals surface area contributed by atoms with Crippen molar-refractivity contribution in [2.24, 2.45) is 0 Å². The van der Waals surface area contributed by atoms with Crippen LogP contribution in [0, 0.1) is 0 Å². The average Bonchev–Trinajstić information content (AvgIpc) is 3.04. The van der Waals surface area contributed by atoms with Crippen LogP contribution in [0.15, 0.2) is 18.2 Å². The summed E-state index contributed by atoms with van der Waals surface area (Å²) in [6.07, 6.45) is 2.68. The zero-order valence-electron chi connectivity index (χ0n) is 8.25. The predicted molar refractivity (Wildman–Crippen MR) is 55.6 cm³/mol. The first-order chi connectivity index (χ1) is 6.95. The second kappa shape index (κ2) is 3.28. The van der Waals surface area contributed by atoms with E-state index >= 15 is 0 Å². The molecule has 2 heteroatoms. The van der Waals surface area contributed by atoms with Crippen molar-refractivity contribution >= 4 is 0 Å². The minimum atomic E-state index is 0.781. The van der Waals surface area contributed by atoms with Crippen molar-refractivity contribution < 1.29 is 4.74 Å². The Morgan fingerprint density at radius 2 is 2.21 bits per heavy atom. The van der Waals surface area contributed by atoms with Gasteiger partial charge in [-0.2, -0.15) is 0 Å². The first-order valence-corrected chi connectivity index (χ1v) is 5.40. The third-order valence-electron chi connectivity index (χ3n) is 2.98. The Labute approximate surface area is 84.3 Å². The monoisotopic (exact) mass is 189 g/mol. The van der Waals surface area contributed by atoms with Crippen LogP contribution >= 0.6 is 0 Å². The van der Waals surface area contributed by atoms with Crippen molar-refractivity contribution in [2.45, 2.75) is 25.3 Å². The maximum Gasteiger partial charge on any atom is 0.127 e. The largest absolute Gasteiger partial charge is 0.492 e. The lowest BCUT2D eigenvalue weighted by molar-refractivity contribution is 0.322. The smallest absolute Gasteiger partial charge is 0.127 e. The van der Waals surface area contributed by atoms with Crippen molar-refractivity contribution in [1.82, 2.24) is 5.32 Å². The lowest BCUT2D eigenvalue weighted by Crippen LogP contribution is -2.16. The van der Waals surface area contributed by atoms with Gasteiger partial charge >= 0.3 is 0 Å². The number of para-hydroxylation sites is 1. The van der Waals surface area contributed by atoms with E-state index in [9.17, 15) is 0 Å². The van der Waals surface area contributed by atoms with Crippen molar-refractivity contribution in [3.8, 4) is 5.75 Å². The minimum Gasteiger partial charge on any atom is -0.492 e. The van der Waals surface area contributed by atoms with E-state index in [2.05, 4.69) is 23.5 Å². The highest BCUT2D eigenvalue weighted by Gasteiger charge is 2.28. The van der Waals surface area contributed by atoms with Crippen molar-refractivity contribution in [1.29, 1.82) is 0 Å². The van der Waals surface area contributed by atoms with Crippen LogP contribution in [0.2, 0.25) is 0 Å². The van der Waals surface area contributed by atoms with Gasteiger partial charge in [-0.05, 0) is 24.3 Å². The van der Waals surface area contributed by atoms with Gasteiger partial charge in [-0.25, -0.2) is 0 Å². The quantitative estimate of drug-likeness (QED) is 0.730. The Morgan fingerprint density at radius 1 is 1.29 bits per heavy atom. The summed E-state index contributed by atoms with van der Waals surface area (Å²) < 4.78 is 5.82. The molecule has 0 atom stereocenters. The average molecular weight is 189 g/mol. The van der Waals surface area contributed by atoms with Crippen LogP contribution in [-0.4, -0.2) is 13.2 Å². The zero-order valence-corrected chi connectivity index (χ0v) is 8.25. The van der Waals surface area contributed by atoms with Crippen LogP contribution in [0.4, 0.5) is 0 Å². The van der Waals surface area contributed by atoms with Gasteiger partial charge in [0, 0.05) is 18.7 Å². The molecular formula is C12H15NO. The van der Waals surface area contributed by atoms with Crippen LogP contribution in [0.1, 0.15) is 29.9 Å². The summed E-state index contributed by atoms with van der Waals surface area (Å²) in [5.74, 6) is 1.95. The molecule has 2 nitrogen and oxygen atoms in total. The van der Waals surface area contributed by atoms with Gasteiger partial charge in [-0.15, -0.1) is 0 Å². The maximum atomic E-state index is 5.82. The highest BCUT2D eigenvalue weighted by Crippen LogP contribution is 2.45. The molecular weight excluding hydrogens is 174 g/mol. The summed E-state index contributed by atoms with van der Waals surface area (Å²) in [5.41, 5.74) is 2.76. The molecule has 1 heterocycles. The van der Waals surface area contributed by atoms with Gasteiger partial charge in [0.1, 0.15) is 12.4 Å². The first kappa shape index (κ1) is 8.30. The fourth-order valence-corrected chi connectivity index (χ4v) is 2.08. The summed E-state index contributed by atoms with van der Waals surface area (Å²) in [5, 5.41) is 3.36. The van der Waals surface area contributed by atoms with Gasteiger partial charge < -0.3 is 10.1 Å². The molecule has 14 heavy (non-hydrogen) atoms. The van der Waals surface area contributed by atoms with E-state index in [0.29, 0.717) is 0 Å². The second-order valence-corrected chi connectivity index (χ2v) is 4.13. The molecule has 74 valence electrons. The number of hydrogen-bond acceptors (Lipinski definition) is 2. The Morgan fingerprint density at radius 3 is 3.07 bits per heavy atom. The standard InChI is InChI=1S/C12H15NO/c1-2-10-8-13-6-7-14-12(10)11(3-1)9-4-5-9/h1-3,9,13H,4-8H2. The molecule has 1 N–H and O–H groups in total. The normalized spacial score (nSPS) is 20.9. The van der Waals surface area contributed by atoms with E-state index in [1.54, 1.807) is 0 Å². The summed E-state index contributed by atoms with van der Waals surface area (Å²) in [4.78, 5) is 0. The van der Waals surface area contributed by atoms with Gasteiger partial charge in [0.05, 0.1) is 0 Å². The summed E-state index contributed by atoms with van der Waals surface area (Å²) >= 11 is 0. The van der Waals surface area contributed by atoms with E-state index in [1.807, 2.05) is 0 Å². The predicted octanol–water partition coefficient (Wildman–Crippen LogP) is 2.05. The van der Waals surface area contributed by atoms with E-state index in [1.165, 1.54) is 29.7 Å². The van der Waals surface area contributed by atoms with Crippen molar-refractivity contribution in [3.05, 3.63) is 29.3 Å². The molecule has 0 radical (unpaired) electrons. The molecule has 1 saturated carbocycles. The molecule has 0 bridgehead atoms. The van der Waals surface area contributed by atoms with Gasteiger partial charge in [-0.1, -0.05) is 18.2 Å². The SMILES string of the molecule is c1cc2c(c(C3CC3)c1)OCCNC2. The Kier molecular flexibility index (Phi) is 1.95. The zero-order chi connectivity index (χ0) is 9.38. The summed E-state index contributed by atoms with van der Waals surface area (Å²) in [7, 11) is 0. The van der Waals surface area contributed by atoms with Gasteiger partial charge in [-0.3, -0.25) is 0 Å². The Hall–Kier alpha value is -1.02. The lowest BCUT2D eigenvalue weighted by atomic mass is 10.1. The molecule has 0 aromatic heterocycles. The molecule has 1 aliphatic heterocycles. The number of hydrogen-bond donors (Lipinski definition) is 1. The number of rotatable bonds is 1. The highest BCUT2D eigenvalue weighted by atomic mass is 16.5. The second-order valence-electron chi connectivity index (χ2n) is 4.13. The fourth-order valence-electron chi connectivity index (χ4n) is 2.08. The molecule has 0 amide bonds. The highest BCUT2D eigenvalue weighted by molar-refractivity contribution is 5.45. The lowest BCUT2D eigenvalue weighted by Gasteiger charge is -2.11. The summed E-state index contributed by atoms with van der Waals surface area (Å²) in [6, 6.07) is 6.55. The third kappa shape index (κ3) is 1.40. The van der Waals surface area contributed by atoms with Crippen molar-refractivity contribution in [2.75, 3.05) is 13.2 Å². The molecule has 0 saturated heterocycles. The van der Waals surface area contributed by atoms with Crippen LogP contribution in [0.25, 0.3) is 0 Å². The number of ether oxygens (including phenoxy) is 1. The molecule has 0 unspecified atom stereocenters. The number of fused-ring (bicyclic) bond motifs is 1. The fraction of sp³-hybridized carbons (Fsp3) is 0.500. The molecule has 1 aliphatic carbocycles. The molecule has 0 spiro atoms. The van der Waals surface area contributed by atoms with Crippen LogP contribution < -0.4 is 10.1 Å². The van der Waals surface area contributed by atoms with E-state index in [0.717, 1.165) is 25.6 Å². The summed E-state index contributed by atoms with van der Waals surface area (Å²) in [6.45, 7) is 2.71. The minimum absolute atomic E-state index is 0.781. The van der Waals surface area contributed by atoms with Crippen LogP contribution in [0.5, 0.6) is 5.75 Å². The Bertz CT molecular complexity index is 344. The topological polar surface area (TPSA) is 21.3 Å². The van der Waals surface area contributed by atoms with Crippen LogP contribution in [0.3, 0.4) is 0 Å². The Balaban J connectivity index is 2.03. The molecule has 1 aromatic rings. The van der Waals surface area contributed by atoms with Crippen LogP contribution in [-0.2, 0) is 6.54 Å². The van der Waals surface area contributed by atoms with Gasteiger partial charge in [0.15, 0.2) is 0 Å². The number of benzene rings is 1. The molecule has 3 rings (SSSR count). The van der Waals surface area contributed by atoms with Crippen molar-refractivity contribution in [3.63, 3.8) is 0 Å². The molecule has 1 aromatic carbocycles.